The molecule has 0 aliphatic carbocycles. The topological polar surface area (TPSA) is 132 Å². The van der Waals surface area contributed by atoms with Crippen molar-refractivity contribution in [2.75, 3.05) is 18.8 Å². The molecule has 0 aliphatic heterocycles. The first-order valence-corrected chi connectivity index (χ1v) is 7.14. The molecular weight excluding hydrogens is 230 g/mol. The molecule has 0 bridgehead atoms. The lowest BCUT2D eigenvalue weighted by atomic mass is 10.5. The molecule has 1 unspecified atom stereocenters. The maximum absolute atomic E-state index is 11.2. The van der Waals surface area contributed by atoms with Crippen LogP contribution in [0.1, 0.15) is 6.92 Å². The largest absolute Gasteiger partial charge is 0.329 e. The van der Waals surface area contributed by atoms with Crippen LogP contribution in [0.2, 0.25) is 0 Å². The third kappa shape index (κ3) is 5.50. The van der Waals surface area contributed by atoms with Crippen molar-refractivity contribution in [1.29, 1.82) is 0 Å². The molecule has 0 aliphatic rings. The fourth-order valence-electron chi connectivity index (χ4n) is 0.595. The van der Waals surface area contributed by atoms with Gasteiger partial charge in [-0.15, -0.1) is 0 Å². The molecule has 0 aromatic heterocycles. The number of hydrogen-bond acceptors (Lipinski definition) is 5. The van der Waals surface area contributed by atoms with Gasteiger partial charge >= 0.3 is 0 Å². The number of rotatable bonds is 6. The van der Waals surface area contributed by atoms with E-state index in [9.17, 15) is 16.8 Å². The molecule has 14 heavy (non-hydrogen) atoms. The van der Waals surface area contributed by atoms with Crippen molar-refractivity contribution in [2.24, 2.45) is 10.9 Å². The van der Waals surface area contributed by atoms with Gasteiger partial charge in [0.05, 0.1) is 11.0 Å². The number of nitrogens with two attached hydrogens (primary N) is 2. The van der Waals surface area contributed by atoms with Crippen LogP contribution in [0.5, 0.6) is 0 Å². The van der Waals surface area contributed by atoms with E-state index in [1.165, 1.54) is 6.92 Å². The Kier molecular flexibility index (Phi) is 4.95. The molecule has 0 aromatic carbocycles. The molecule has 0 saturated heterocycles. The van der Waals surface area contributed by atoms with Crippen LogP contribution >= 0.6 is 0 Å². The molecule has 0 radical (unpaired) electrons. The second kappa shape index (κ2) is 5.03. The highest BCUT2D eigenvalue weighted by molar-refractivity contribution is 7.90. The van der Waals surface area contributed by atoms with Crippen molar-refractivity contribution in [3.63, 3.8) is 0 Å². The molecule has 1 atom stereocenters. The molecule has 0 amide bonds. The minimum absolute atomic E-state index is 0.0231. The molecular formula is C5H15N3O4S2. The lowest BCUT2D eigenvalue weighted by Gasteiger charge is -2.10. The quantitative estimate of drug-likeness (QED) is 0.477. The molecule has 0 heterocycles. The lowest BCUT2D eigenvalue weighted by molar-refractivity contribution is 0.570. The summed E-state index contributed by atoms with van der Waals surface area (Å²) >= 11 is 0. The van der Waals surface area contributed by atoms with Gasteiger partial charge in [-0.3, -0.25) is 0 Å². The highest BCUT2D eigenvalue weighted by Crippen LogP contribution is 1.94. The molecule has 0 rings (SSSR count). The Morgan fingerprint density at radius 2 is 1.79 bits per heavy atom. The molecule has 0 spiro atoms. The molecule has 86 valence electrons. The zero-order valence-electron chi connectivity index (χ0n) is 7.80. The minimum atomic E-state index is -3.64. The summed E-state index contributed by atoms with van der Waals surface area (Å²) in [6.45, 7) is 1.18. The van der Waals surface area contributed by atoms with Gasteiger partial charge in [-0.25, -0.2) is 26.7 Å². The fraction of sp³-hybridized carbons (Fsp3) is 1.00. The Bertz CT molecular complexity index is 360. The zero-order chi connectivity index (χ0) is 11.4. The smallest absolute Gasteiger partial charge is 0.215 e. The van der Waals surface area contributed by atoms with E-state index in [2.05, 4.69) is 9.86 Å². The summed E-state index contributed by atoms with van der Waals surface area (Å²) in [6, 6.07) is 0. The first-order chi connectivity index (χ1) is 6.19. The summed E-state index contributed by atoms with van der Waals surface area (Å²) in [7, 11) is -7.16. The van der Waals surface area contributed by atoms with Gasteiger partial charge in [0.2, 0.25) is 20.0 Å². The van der Waals surface area contributed by atoms with Crippen LogP contribution in [0.15, 0.2) is 0 Å². The van der Waals surface area contributed by atoms with E-state index in [0.29, 0.717) is 0 Å². The predicted molar refractivity (Wildman–Crippen MR) is 53.4 cm³/mol. The summed E-state index contributed by atoms with van der Waals surface area (Å²) in [5.41, 5.74) is 5.15. The fourth-order valence-corrected chi connectivity index (χ4v) is 2.04. The van der Waals surface area contributed by atoms with Crippen molar-refractivity contribution in [3.05, 3.63) is 0 Å². The third-order valence-electron chi connectivity index (χ3n) is 1.55. The summed E-state index contributed by atoms with van der Waals surface area (Å²) in [6.07, 6.45) is 0. The van der Waals surface area contributed by atoms with Crippen LogP contribution < -0.4 is 15.6 Å². The third-order valence-corrected chi connectivity index (χ3v) is 4.18. The highest BCUT2D eigenvalue weighted by Gasteiger charge is 2.18. The van der Waals surface area contributed by atoms with Gasteiger partial charge in [0.1, 0.15) is 0 Å². The Labute approximate surface area is 84.0 Å². The van der Waals surface area contributed by atoms with Crippen LogP contribution in [0.4, 0.5) is 0 Å². The first-order valence-electron chi connectivity index (χ1n) is 3.88. The van der Waals surface area contributed by atoms with E-state index >= 15 is 0 Å². The summed E-state index contributed by atoms with van der Waals surface area (Å²) < 4.78 is 45.5. The van der Waals surface area contributed by atoms with Gasteiger partial charge in [0.25, 0.3) is 0 Å². The molecule has 5 N–H and O–H groups in total. The normalized spacial score (nSPS) is 15.4. The SMILES string of the molecule is CC(CN)S(=O)(=O)NCCS(N)(=O)=O. The van der Waals surface area contributed by atoms with E-state index in [0.717, 1.165) is 0 Å². The molecule has 0 saturated carbocycles. The Hall–Kier alpha value is -0.220. The van der Waals surface area contributed by atoms with Crippen molar-refractivity contribution >= 4 is 20.0 Å². The number of sulfonamides is 2. The summed E-state index contributed by atoms with van der Waals surface area (Å²) in [5, 5.41) is 3.94. The second-order valence-electron chi connectivity index (χ2n) is 2.85. The average molecular weight is 245 g/mol. The Balaban J connectivity index is 4.15. The van der Waals surface area contributed by atoms with Crippen LogP contribution in [-0.2, 0) is 20.0 Å². The monoisotopic (exact) mass is 245 g/mol. The van der Waals surface area contributed by atoms with Crippen molar-refractivity contribution < 1.29 is 16.8 Å². The highest BCUT2D eigenvalue weighted by atomic mass is 32.2. The number of nitrogens with one attached hydrogen (secondary N) is 1. The van der Waals surface area contributed by atoms with Crippen molar-refractivity contribution in [2.45, 2.75) is 12.2 Å². The predicted octanol–water partition coefficient (Wildman–Crippen LogP) is -2.46. The van der Waals surface area contributed by atoms with Crippen LogP contribution in [-0.4, -0.2) is 40.9 Å². The average Bonchev–Trinajstić information content (AvgIpc) is 2.00. The summed E-state index contributed by atoms with van der Waals surface area (Å²) in [5.74, 6) is -0.427. The van der Waals surface area contributed by atoms with E-state index in [-0.39, 0.29) is 13.1 Å². The number of primary sulfonamides is 1. The van der Waals surface area contributed by atoms with Gasteiger partial charge in [-0.05, 0) is 6.92 Å². The van der Waals surface area contributed by atoms with E-state index < -0.39 is 31.0 Å². The molecule has 0 aromatic rings. The molecule has 0 fully saturated rings. The maximum atomic E-state index is 11.2. The van der Waals surface area contributed by atoms with Crippen LogP contribution in [0.3, 0.4) is 0 Å². The van der Waals surface area contributed by atoms with E-state index in [4.69, 9.17) is 5.73 Å². The standard InChI is InChI=1S/C5H15N3O4S2/c1-5(4-6)14(11,12)8-2-3-13(7,9)10/h5,8H,2-4,6H2,1H3,(H2,7,9,10). The Morgan fingerprint density at radius 3 is 2.14 bits per heavy atom. The maximum Gasteiger partial charge on any atom is 0.215 e. The van der Waals surface area contributed by atoms with Crippen molar-refractivity contribution in [1.82, 2.24) is 4.72 Å². The van der Waals surface area contributed by atoms with Gasteiger partial charge in [-0.1, -0.05) is 0 Å². The second-order valence-corrected chi connectivity index (χ2v) is 6.77. The van der Waals surface area contributed by atoms with Gasteiger partial charge in [0, 0.05) is 13.1 Å². The van der Waals surface area contributed by atoms with Crippen molar-refractivity contribution in [3.8, 4) is 0 Å². The lowest BCUT2D eigenvalue weighted by Crippen LogP contribution is -2.39. The molecule has 7 nitrogen and oxygen atoms in total. The van der Waals surface area contributed by atoms with E-state index in [1.54, 1.807) is 0 Å². The molecule has 9 heteroatoms. The van der Waals surface area contributed by atoms with Gasteiger partial charge in [0.15, 0.2) is 0 Å². The van der Waals surface area contributed by atoms with Crippen LogP contribution in [0, 0.1) is 0 Å². The van der Waals surface area contributed by atoms with Gasteiger partial charge in [-0.2, -0.15) is 0 Å². The Morgan fingerprint density at radius 1 is 1.29 bits per heavy atom. The van der Waals surface area contributed by atoms with Crippen LogP contribution in [0.25, 0.3) is 0 Å². The summed E-state index contributed by atoms with van der Waals surface area (Å²) in [4.78, 5) is 0. The zero-order valence-corrected chi connectivity index (χ0v) is 9.44. The minimum Gasteiger partial charge on any atom is -0.329 e. The van der Waals surface area contributed by atoms with Gasteiger partial charge < -0.3 is 5.73 Å². The first kappa shape index (κ1) is 13.8. The number of hydrogen-bond donors (Lipinski definition) is 3. The van der Waals surface area contributed by atoms with E-state index in [1.807, 2.05) is 0 Å².